The second kappa shape index (κ2) is 9.59. The number of nitrogens with one attached hydrogen (secondary N) is 1. The summed E-state index contributed by atoms with van der Waals surface area (Å²) in [5.41, 5.74) is 1.26. The van der Waals surface area contributed by atoms with Crippen LogP contribution in [0.2, 0.25) is 0 Å². The van der Waals surface area contributed by atoms with Gasteiger partial charge in [-0.25, -0.2) is 0 Å². The van der Waals surface area contributed by atoms with Crippen LogP contribution in [0.5, 0.6) is 0 Å². The maximum atomic E-state index is 10.3. The molecule has 0 bridgehead atoms. The second-order valence-electron chi connectivity index (χ2n) is 4.44. The zero-order valence-electron chi connectivity index (χ0n) is 10.8. The van der Waals surface area contributed by atoms with Gasteiger partial charge in [0.15, 0.2) is 0 Å². The van der Waals surface area contributed by atoms with Crippen molar-refractivity contribution in [2.75, 3.05) is 6.54 Å². The van der Waals surface area contributed by atoms with Crippen LogP contribution in [0.25, 0.3) is 0 Å². The summed E-state index contributed by atoms with van der Waals surface area (Å²) >= 11 is 0. The average Bonchev–Trinajstić information content (AvgIpc) is 2.37. The zero-order valence-corrected chi connectivity index (χ0v) is 10.8. The third-order valence-electron chi connectivity index (χ3n) is 2.82. The molecule has 2 N–H and O–H groups in total. The molecule has 0 aliphatic carbocycles. The Hall–Kier alpha value is -1.42. The number of aliphatic carboxylic acids is 1. The Morgan fingerprint density at radius 3 is 2.50 bits per heavy atom. The molecule has 0 saturated heterocycles. The van der Waals surface area contributed by atoms with Crippen molar-refractivity contribution in [3.8, 4) is 0 Å². The summed E-state index contributed by atoms with van der Waals surface area (Å²) in [5.74, 6) is -0.686. The molecule has 1 rings (SSSR count). The van der Waals surface area contributed by atoms with Gasteiger partial charge in [0.1, 0.15) is 0 Å². The highest BCUT2D eigenvalue weighted by Gasteiger charge is 1.96. The molecular formula is C14H22N2O2. The van der Waals surface area contributed by atoms with Crippen molar-refractivity contribution in [3.05, 3.63) is 30.1 Å². The number of hydrogen-bond acceptors (Lipinski definition) is 3. The third-order valence-corrected chi connectivity index (χ3v) is 2.82. The molecule has 1 heterocycles. The maximum Gasteiger partial charge on any atom is 0.303 e. The quantitative estimate of drug-likeness (QED) is 0.627. The summed E-state index contributed by atoms with van der Waals surface area (Å²) in [6.07, 6.45) is 9.20. The Bertz CT molecular complexity index is 328. The topological polar surface area (TPSA) is 62.2 Å². The van der Waals surface area contributed by atoms with E-state index in [1.807, 2.05) is 12.1 Å². The van der Waals surface area contributed by atoms with E-state index < -0.39 is 5.97 Å². The Morgan fingerprint density at radius 2 is 1.78 bits per heavy atom. The summed E-state index contributed by atoms with van der Waals surface area (Å²) < 4.78 is 0. The molecule has 0 aliphatic rings. The summed E-state index contributed by atoms with van der Waals surface area (Å²) in [4.78, 5) is 14.3. The van der Waals surface area contributed by atoms with Crippen molar-refractivity contribution in [3.63, 3.8) is 0 Å². The summed E-state index contributed by atoms with van der Waals surface area (Å²) in [7, 11) is 0. The van der Waals surface area contributed by atoms with E-state index in [0.717, 1.165) is 38.8 Å². The van der Waals surface area contributed by atoms with E-state index in [4.69, 9.17) is 5.11 Å². The number of pyridine rings is 1. The molecule has 0 aliphatic heterocycles. The Kier molecular flexibility index (Phi) is 7.80. The van der Waals surface area contributed by atoms with Crippen LogP contribution in [0.3, 0.4) is 0 Å². The second-order valence-corrected chi connectivity index (χ2v) is 4.44. The van der Waals surface area contributed by atoms with E-state index in [2.05, 4.69) is 10.3 Å². The lowest BCUT2D eigenvalue weighted by Gasteiger charge is -2.04. The van der Waals surface area contributed by atoms with Gasteiger partial charge in [-0.15, -0.1) is 0 Å². The highest BCUT2D eigenvalue weighted by atomic mass is 16.4. The molecule has 0 amide bonds. The van der Waals surface area contributed by atoms with Crippen LogP contribution < -0.4 is 5.32 Å². The SMILES string of the molecule is O=C(O)CCCCCCCNCc1ccncc1. The molecule has 0 spiro atoms. The fraction of sp³-hybridized carbons (Fsp3) is 0.571. The Labute approximate surface area is 108 Å². The van der Waals surface area contributed by atoms with Gasteiger partial charge in [0, 0.05) is 25.4 Å². The lowest BCUT2D eigenvalue weighted by atomic mass is 10.1. The van der Waals surface area contributed by atoms with Crippen LogP contribution >= 0.6 is 0 Å². The van der Waals surface area contributed by atoms with E-state index in [-0.39, 0.29) is 0 Å². The minimum atomic E-state index is -0.686. The van der Waals surface area contributed by atoms with Crippen LogP contribution in [-0.2, 0) is 11.3 Å². The molecule has 1 aromatic rings. The molecule has 100 valence electrons. The van der Waals surface area contributed by atoms with E-state index in [9.17, 15) is 4.79 Å². The van der Waals surface area contributed by atoms with Crippen molar-refractivity contribution in [1.29, 1.82) is 0 Å². The predicted octanol–water partition coefficient (Wildman–Crippen LogP) is 2.60. The molecule has 0 aromatic carbocycles. The normalized spacial score (nSPS) is 10.4. The standard InChI is InChI=1S/C14H22N2O2/c17-14(18)6-4-2-1-3-5-9-16-12-13-7-10-15-11-8-13/h7-8,10-11,16H,1-6,9,12H2,(H,17,18). The van der Waals surface area contributed by atoms with Crippen LogP contribution in [0.4, 0.5) is 0 Å². The average molecular weight is 250 g/mol. The van der Waals surface area contributed by atoms with Crippen LogP contribution in [0, 0.1) is 0 Å². The van der Waals surface area contributed by atoms with E-state index in [1.54, 1.807) is 12.4 Å². The molecule has 4 nitrogen and oxygen atoms in total. The van der Waals surface area contributed by atoms with Crippen molar-refractivity contribution in [2.24, 2.45) is 0 Å². The smallest absolute Gasteiger partial charge is 0.303 e. The number of carbonyl (C=O) groups is 1. The van der Waals surface area contributed by atoms with Gasteiger partial charge < -0.3 is 10.4 Å². The minimum absolute atomic E-state index is 0.306. The first-order chi connectivity index (χ1) is 8.79. The van der Waals surface area contributed by atoms with E-state index >= 15 is 0 Å². The fourth-order valence-electron chi connectivity index (χ4n) is 1.79. The van der Waals surface area contributed by atoms with Gasteiger partial charge in [-0.2, -0.15) is 0 Å². The highest BCUT2D eigenvalue weighted by Crippen LogP contribution is 2.05. The highest BCUT2D eigenvalue weighted by molar-refractivity contribution is 5.66. The number of rotatable bonds is 10. The number of carboxylic acid groups (broad SMARTS) is 1. The molecule has 0 radical (unpaired) electrons. The minimum Gasteiger partial charge on any atom is -0.481 e. The molecule has 4 heteroatoms. The molecule has 0 saturated carbocycles. The van der Waals surface area contributed by atoms with Gasteiger partial charge in [-0.1, -0.05) is 19.3 Å². The van der Waals surface area contributed by atoms with Gasteiger partial charge in [-0.3, -0.25) is 9.78 Å². The Balaban J connectivity index is 1.86. The summed E-state index contributed by atoms with van der Waals surface area (Å²) in [6, 6.07) is 4.03. The molecule has 0 atom stereocenters. The number of aromatic nitrogens is 1. The van der Waals surface area contributed by atoms with Gasteiger partial charge in [0.2, 0.25) is 0 Å². The van der Waals surface area contributed by atoms with E-state index in [1.165, 1.54) is 12.0 Å². The third kappa shape index (κ3) is 7.79. The van der Waals surface area contributed by atoms with Gasteiger partial charge >= 0.3 is 5.97 Å². The lowest BCUT2D eigenvalue weighted by Crippen LogP contribution is -2.14. The van der Waals surface area contributed by atoms with Gasteiger partial charge in [-0.05, 0) is 37.1 Å². The first-order valence-electron chi connectivity index (χ1n) is 6.60. The number of nitrogens with zero attached hydrogens (tertiary/aromatic N) is 1. The van der Waals surface area contributed by atoms with Crippen LogP contribution in [0.1, 0.15) is 44.1 Å². The van der Waals surface area contributed by atoms with Crippen molar-refractivity contribution >= 4 is 5.97 Å². The van der Waals surface area contributed by atoms with Crippen molar-refractivity contribution < 1.29 is 9.90 Å². The first kappa shape index (κ1) is 14.6. The summed E-state index contributed by atoms with van der Waals surface area (Å²) in [6.45, 7) is 1.91. The molecule has 0 unspecified atom stereocenters. The predicted molar refractivity (Wildman–Crippen MR) is 71.3 cm³/mol. The van der Waals surface area contributed by atoms with Crippen molar-refractivity contribution in [1.82, 2.24) is 10.3 Å². The molecular weight excluding hydrogens is 228 g/mol. The van der Waals surface area contributed by atoms with Crippen molar-refractivity contribution in [2.45, 2.75) is 45.1 Å². The maximum absolute atomic E-state index is 10.3. The van der Waals surface area contributed by atoms with Crippen LogP contribution in [0.15, 0.2) is 24.5 Å². The number of hydrogen-bond donors (Lipinski definition) is 2. The lowest BCUT2D eigenvalue weighted by molar-refractivity contribution is -0.137. The fourth-order valence-corrected chi connectivity index (χ4v) is 1.79. The Morgan fingerprint density at radius 1 is 1.11 bits per heavy atom. The van der Waals surface area contributed by atoms with Gasteiger partial charge in [0.25, 0.3) is 0 Å². The molecule has 0 fully saturated rings. The number of unbranched alkanes of at least 4 members (excludes halogenated alkanes) is 4. The molecule has 18 heavy (non-hydrogen) atoms. The number of carboxylic acids is 1. The zero-order chi connectivity index (χ0) is 13.1. The largest absolute Gasteiger partial charge is 0.481 e. The van der Waals surface area contributed by atoms with Crippen LogP contribution in [-0.4, -0.2) is 22.6 Å². The van der Waals surface area contributed by atoms with Gasteiger partial charge in [0.05, 0.1) is 0 Å². The monoisotopic (exact) mass is 250 g/mol. The first-order valence-corrected chi connectivity index (χ1v) is 6.60. The molecule has 1 aromatic heterocycles. The summed E-state index contributed by atoms with van der Waals surface area (Å²) in [5, 5.41) is 11.9. The van der Waals surface area contributed by atoms with E-state index in [0.29, 0.717) is 6.42 Å².